The Labute approximate surface area is 315 Å². The van der Waals surface area contributed by atoms with Gasteiger partial charge in [0.25, 0.3) is 5.91 Å². The van der Waals surface area contributed by atoms with Crippen LogP contribution in [0.15, 0.2) is 79.9 Å². The lowest BCUT2D eigenvalue weighted by Crippen LogP contribution is -2.57. The minimum atomic E-state index is -1.32. The van der Waals surface area contributed by atoms with Crippen molar-refractivity contribution in [2.45, 2.75) is 81.2 Å². The molecule has 5 rings (SSSR count). The summed E-state index contributed by atoms with van der Waals surface area (Å²) >= 11 is 3.74. The molecule has 0 radical (unpaired) electrons. The quantitative estimate of drug-likeness (QED) is 0.124. The minimum absolute atomic E-state index is 0.107. The van der Waals surface area contributed by atoms with E-state index in [4.69, 9.17) is 9.47 Å². The van der Waals surface area contributed by atoms with Crippen LogP contribution in [0.5, 0.6) is 0 Å². The Morgan fingerprint density at radius 1 is 1.10 bits per heavy atom. The van der Waals surface area contributed by atoms with Crippen molar-refractivity contribution in [1.82, 2.24) is 10.2 Å². The van der Waals surface area contributed by atoms with Gasteiger partial charge in [0.1, 0.15) is 17.7 Å². The van der Waals surface area contributed by atoms with Gasteiger partial charge in [0.05, 0.1) is 24.0 Å². The van der Waals surface area contributed by atoms with Gasteiger partial charge in [0.15, 0.2) is 0 Å². The monoisotopic (exact) mass is 778 g/mol. The van der Waals surface area contributed by atoms with Crippen molar-refractivity contribution in [1.29, 1.82) is 0 Å². The molecule has 2 N–H and O–H groups in total. The third kappa shape index (κ3) is 7.56. The van der Waals surface area contributed by atoms with Crippen LogP contribution < -0.4 is 15.1 Å². The van der Waals surface area contributed by atoms with E-state index in [1.165, 1.54) is 4.90 Å². The number of hydrogen-bond acceptors (Lipinski definition) is 8. The molecule has 8 atom stereocenters. The minimum Gasteiger partial charge on any atom is -0.455 e. The Morgan fingerprint density at radius 3 is 2.38 bits per heavy atom. The fourth-order valence-corrected chi connectivity index (χ4v) is 9.07. The number of carbonyl (C=O) groups is 4. The molecule has 3 fully saturated rings. The molecule has 3 aliphatic heterocycles. The molecule has 3 aliphatic rings. The summed E-state index contributed by atoms with van der Waals surface area (Å²) < 4.78 is 13.0. The second-order valence-corrected chi connectivity index (χ2v) is 14.8. The number of esters is 1. The Hall–Kier alpha value is -4.00. The lowest BCUT2D eigenvalue weighted by Gasteiger charge is -2.37. The van der Waals surface area contributed by atoms with E-state index in [1.54, 1.807) is 24.0 Å². The summed E-state index contributed by atoms with van der Waals surface area (Å²) in [6, 6.07) is 15.2. The van der Waals surface area contributed by atoms with Crippen molar-refractivity contribution in [3.8, 4) is 0 Å². The predicted molar refractivity (Wildman–Crippen MR) is 204 cm³/mol. The highest BCUT2D eigenvalue weighted by molar-refractivity contribution is 9.09. The fourth-order valence-electron chi connectivity index (χ4n) is 8.13. The number of amides is 3. The van der Waals surface area contributed by atoms with Gasteiger partial charge < -0.3 is 34.6 Å². The number of nitrogens with one attached hydrogen (secondary N) is 1. The van der Waals surface area contributed by atoms with Crippen LogP contribution in [-0.2, 0) is 28.7 Å². The van der Waals surface area contributed by atoms with Gasteiger partial charge in [-0.1, -0.05) is 58.4 Å². The maximum Gasteiger partial charge on any atom is 0.313 e. The third-order valence-electron chi connectivity index (χ3n) is 10.5. The lowest BCUT2D eigenvalue weighted by molar-refractivity contribution is -0.162. The molecule has 12 heteroatoms. The highest BCUT2D eigenvalue weighted by Crippen LogP contribution is 2.60. The molecule has 0 saturated carbocycles. The number of anilines is 2. The van der Waals surface area contributed by atoms with E-state index in [-0.39, 0.29) is 55.1 Å². The van der Waals surface area contributed by atoms with Crippen LogP contribution in [0.1, 0.15) is 58.1 Å². The summed E-state index contributed by atoms with van der Waals surface area (Å²) in [7, 11) is 0. The first-order valence-corrected chi connectivity index (χ1v) is 19.1. The molecular formula is C40H51BrN4O7. The summed E-state index contributed by atoms with van der Waals surface area (Å²) in [5, 5.41) is 12.8. The number of rotatable bonds is 18. The zero-order chi connectivity index (χ0) is 37.6. The number of aliphatic hydroxyl groups excluding tert-OH is 1. The Kier molecular flexibility index (Phi) is 13.0. The maximum absolute atomic E-state index is 14.9. The Balaban J connectivity index is 1.48. The van der Waals surface area contributed by atoms with Crippen LogP contribution in [0, 0.1) is 11.8 Å². The number of alkyl halides is 1. The second-order valence-electron chi connectivity index (χ2n) is 13.7. The van der Waals surface area contributed by atoms with Crippen LogP contribution in [0.25, 0.3) is 0 Å². The standard InChI is InChI=1S/C40H51BrN4O7/c1-6-10-17-31(47)42-26(5)34(27-15-12-11-13-16-27)51-39(50)32-33-37(48)45(23-14-24-46)36(40(33)25-30(41)35(32)52-40)38(49)44(22-7-2)29-20-18-28(19-21-29)43(8-3)9-4/h6-7,11-13,15-16,18-21,26,30,32-36,46H,1-2,8-10,14,17,22-25H2,3-5H3,(H,42,47)/t26-,30?,32-,33+,34-,35-,36-,40+/m1/s1. The first-order chi connectivity index (χ1) is 25.1. The molecule has 11 nitrogen and oxygen atoms in total. The topological polar surface area (TPSA) is 129 Å². The molecule has 3 heterocycles. The van der Waals surface area contributed by atoms with Crippen LogP contribution >= 0.6 is 15.9 Å². The SMILES string of the molecule is C=CCCC(=O)N[C@H](C)[C@@H](OC(=O)[C@H]1[C@@H]2O[C@@]3(CC2Br)[C@@H]1C(=O)N(CCCO)[C@@H]3C(=O)N(CC=C)c1ccc(N(CC)CC)cc1)c1ccccc1. The van der Waals surface area contributed by atoms with Gasteiger partial charge in [0, 0.05) is 55.4 Å². The van der Waals surface area contributed by atoms with Crippen molar-refractivity contribution in [2.75, 3.05) is 42.6 Å². The van der Waals surface area contributed by atoms with E-state index in [9.17, 15) is 24.3 Å². The number of likely N-dealkylation sites (tertiary alicyclic amines) is 1. The summed E-state index contributed by atoms with van der Waals surface area (Å²) in [6.07, 6.45) is 3.04. The average molecular weight is 780 g/mol. The number of aliphatic hydroxyl groups is 1. The zero-order valence-corrected chi connectivity index (χ0v) is 31.9. The van der Waals surface area contributed by atoms with Crippen molar-refractivity contribution >= 4 is 51.0 Å². The number of benzene rings is 2. The Morgan fingerprint density at radius 2 is 1.77 bits per heavy atom. The first kappa shape index (κ1) is 39.2. The third-order valence-corrected chi connectivity index (χ3v) is 11.4. The van der Waals surface area contributed by atoms with E-state index < -0.39 is 47.7 Å². The molecule has 280 valence electrons. The van der Waals surface area contributed by atoms with E-state index in [0.29, 0.717) is 24.1 Å². The molecule has 3 amide bonds. The zero-order valence-electron chi connectivity index (χ0n) is 30.3. The van der Waals surface area contributed by atoms with Crippen LogP contribution in [0.3, 0.4) is 0 Å². The number of nitrogens with zero attached hydrogens (tertiary/aromatic N) is 3. The molecule has 0 aliphatic carbocycles. The van der Waals surface area contributed by atoms with Gasteiger partial charge >= 0.3 is 5.97 Å². The molecule has 2 aromatic carbocycles. The molecule has 1 spiro atoms. The number of ether oxygens (including phenoxy) is 2. The molecule has 52 heavy (non-hydrogen) atoms. The van der Waals surface area contributed by atoms with E-state index >= 15 is 0 Å². The molecule has 3 saturated heterocycles. The van der Waals surface area contributed by atoms with Gasteiger partial charge in [-0.3, -0.25) is 19.2 Å². The second kappa shape index (κ2) is 17.2. The van der Waals surface area contributed by atoms with Crippen molar-refractivity contribution in [3.05, 3.63) is 85.5 Å². The maximum atomic E-state index is 14.9. The summed E-state index contributed by atoms with van der Waals surface area (Å²) in [4.78, 5) is 61.5. The number of fused-ring (bicyclic) bond motifs is 1. The highest BCUT2D eigenvalue weighted by atomic mass is 79.9. The van der Waals surface area contributed by atoms with Gasteiger partial charge in [0.2, 0.25) is 11.8 Å². The van der Waals surface area contributed by atoms with Crippen LogP contribution in [0.2, 0.25) is 0 Å². The summed E-state index contributed by atoms with van der Waals surface area (Å²) in [5.74, 6) is -3.58. The lowest BCUT2D eigenvalue weighted by atomic mass is 9.70. The van der Waals surface area contributed by atoms with Crippen molar-refractivity contribution in [3.63, 3.8) is 0 Å². The van der Waals surface area contributed by atoms with Crippen LogP contribution in [-0.4, -0.2) is 95.1 Å². The highest BCUT2D eigenvalue weighted by Gasteiger charge is 2.77. The normalized spacial score (nSPS) is 25.6. The number of allylic oxidation sites excluding steroid dienone is 1. The molecule has 1 unspecified atom stereocenters. The van der Waals surface area contributed by atoms with E-state index in [2.05, 4.69) is 53.2 Å². The van der Waals surface area contributed by atoms with Gasteiger partial charge in [-0.15, -0.1) is 13.2 Å². The van der Waals surface area contributed by atoms with Gasteiger partial charge in [-0.05, 0) is 69.9 Å². The first-order valence-electron chi connectivity index (χ1n) is 18.2. The molecule has 2 aromatic rings. The molecular weight excluding hydrogens is 728 g/mol. The fraction of sp³-hybridized carbons (Fsp3) is 0.500. The van der Waals surface area contributed by atoms with Gasteiger partial charge in [-0.25, -0.2) is 0 Å². The average Bonchev–Trinajstić information content (AvgIpc) is 3.74. The number of hydrogen-bond donors (Lipinski definition) is 2. The number of halogens is 1. The smallest absolute Gasteiger partial charge is 0.313 e. The van der Waals surface area contributed by atoms with E-state index in [1.807, 2.05) is 54.6 Å². The number of carbonyl (C=O) groups excluding carboxylic acids is 4. The summed E-state index contributed by atoms with van der Waals surface area (Å²) in [5.41, 5.74) is 1.03. The van der Waals surface area contributed by atoms with E-state index in [0.717, 1.165) is 18.8 Å². The van der Waals surface area contributed by atoms with Gasteiger partial charge in [-0.2, -0.15) is 0 Å². The largest absolute Gasteiger partial charge is 0.455 e. The molecule has 0 aromatic heterocycles. The van der Waals surface area contributed by atoms with Crippen molar-refractivity contribution < 1.29 is 33.8 Å². The predicted octanol–water partition coefficient (Wildman–Crippen LogP) is 4.94. The van der Waals surface area contributed by atoms with Crippen molar-refractivity contribution in [2.24, 2.45) is 11.8 Å². The Bertz CT molecular complexity index is 1600. The molecule has 2 bridgehead atoms. The van der Waals surface area contributed by atoms with Crippen LogP contribution in [0.4, 0.5) is 11.4 Å². The summed E-state index contributed by atoms with van der Waals surface area (Å²) in [6.45, 7) is 15.3.